The van der Waals surface area contributed by atoms with Crippen LogP contribution in [0.15, 0.2) is 23.3 Å². The summed E-state index contributed by atoms with van der Waals surface area (Å²) in [6.45, 7) is 5.17. The van der Waals surface area contributed by atoms with Gasteiger partial charge in [-0.05, 0) is 56.0 Å². The second kappa shape index (κ2) is 6.78. The fraction of sp³-hybridized carbons (Fsp3) is 0.533. The largest absolute Gasteiger partial charge is 0.342 e. The van der Waals surface area contributed by atoms with Crippen LogP contribution in [0.4, 0.5) is 0 Å². The average Bonchev–Trinajstić information content (AvgIpc) is 2.42. The molecular formula is C15H18Cl2N4O. The Morgan fingerprint density at radius 3 is 2.32 bits per heavy atom. The lowest BCUT2D eigenvalue weighted by atomic mass is 9.61. The van der Waals surface area contributed by atoms with Gasteiger partial charge in [0.2, 0.25) is 5.91 Å². The number of carbonyl (C=O) groups is 1. The van der Waals surface area contributed by atoms with Crippen LogP contribution in [-0.4, -0.2) is 29.9 Å². The summed E-state index contributed by atoms with van der Waals surface area (Å²) in [5.74, 6) is 0.0419. The Kier molecular flexibility index (Phi) is 5.22. The van der Waals surface area contributed by atoms with Gasteiger partial charge in [-0.15, -0.1) is 0 Å². The topological polar surface area (TPSA) is 69.1 Å². The highest BCUT2D eigenvalue weighted by Gasteiger charge is 2.52. The Hall–Kier alpha value is -1.42. The molecule has 1 aliphatic carbocycles. The van der Waals surface area contributed by atoms with E-state index in [9.17, 15) is 4.79 Å². The molecule has 2 rings (SSSR count). The summed E-state index contributed by atoms with van der Waals surface area (Å²) in [6.07, 6.45) is 0.978. The van der Waals surface area contributed by atoms with Gasteiger partial charge < -0.3 is 4.90 Å². The lowest BCUT2D eigenvalue weighted by Crippen LogP contribution is -2.55. The molecule has 0 unspecified atom stereocenters. The van der Waals surface area contributed by atoms with Gasteiger partial charge in [0, 0.05) is 34.1 Å². The molecule has 1 amide bonds. The van der Waals surface area contributed by atoms with Crippen molar-refractivity contribution in [1.29, 1.82) is 0 Å². The fourth-order valence-electron chi connectivity index (χ4n) is 3.08. The van der Waals surface area contributed by atoms with E-state index in [0.29, 0.717) is 36.0 Å². The third-order valence-corrected chi connectivity index (χ3v) is 4.69. The van der Waals surface area contributed by atoms with Gasteiger partial charge in [-0.1, -0.05) is 28.3 Å². The molecule has 1 saturated carbocycles. The summed E-state index contributed by atoms with van der Waals surface area (Å²) in [6, 6.07) is 5.04. The lowest BCUT2D eigenvalue weighted by Gasteiger charge is -2.47. The highest BCUT2D eigenvalue weighted by molar-refractivity contribution is 6.34. The number of nitrogens with zero attached hydrogens (tertiary/aromatic N) is 4. The summed E-state index contributed by atoms with van der Waals surface area (Å²) in [7, 11) is 0. The minimum Gasteiger partial charge on any atom is -0.342 e. The molecule has 0 bridgehead atoms. The Balaban J connectivity index is 2.43. The van der Waals surface area contributed by atoms with Crippen molar-refractivity contribution in [2.45, 2.75) is 38.1 Å². The van der Waals surface area contributed by atoms with Crippen LogP contribution in [0, 0.1) is 0 Å². The third-order valence-electron chi connectivity index (χ3n) is 4.26. The number of hydrogen-bond donors (Lipinski definition) is 0. The van der Waals surface area contributed by atoms with E-state index < -0.39 is 5.41 Å². The maximum absolute atomic E-state index is 13.0. The minimum absolute atomic E-state index is 0.0419. The Morgan fingerprint density at radius 2 is 1.86 bits per heavy atom. The number of amides is 1. The summed E-state index contributed by atoms with van der Waals surface area (Å²) >= 11 is 12.2. The van der Waals surface area contributed by atoms with Crippen molar-refractivity contribution < 1.29 is 4.79 Å². The predicted molar refractivity (Wildman–Crippen MR) is 88.2 cm³/mol. The van der Waals surface area contributed by atoms with Crippen LogP contribution in [0.5, 0.6) is 0 Å². The second-order valence-electron chi connectivity index (χ2n) is 5.48. The zero-order valence-corrected chi connectivity index (χ0v) is 14.1. The van der Waals surface area contributed by atoms with Crippen molar-refractivity contribution in [1.82, 2.24) is 4.90 Å². The van der Waals surface area contributed by atoms with Gasteiger partial charge in [0.25, 0.3) is 0 Å². The maximum Gasteiger partial charge on any atom is 0.233 e. The molecule has 118 valence electrons. The van der Waals surface area contributed by atoms with Crippen molar-refractivity contribution in [3.05, 3.63) is 44.3 Å². The van der Waals surface area contributed by atoms with Crippen molar-refractivity contribution >= 4 is 29.1 Å². The van der Waals surface area contributed by atoms with Gasteiger partial charge in [0.1, 0.15) is 0 Å². The smallest absolute Gasteiger partial charge is 0.233 e. The van der Waals surface area contributed by atoms with E-state index in [0.717, 1.165) is 5.56 Å². The highest BCUT2D eigenvalue weighted by Crippen LogP contribution is 2.48. The SMILES string of the molecule is CCN(CC)C(=O)[C@]1(c2cc(Cl)cc(Cl)c2)C[C@@H](N=[N+]=[N-])C1. The van der Waals surface area contributed by atoms with Crippen LogP contribution >= 0.6 is 23.2 Å². The monoisotopic (exact) mass is 340 g/mol. The van der Waals surface area contributed by atoms with Crippen molar-refractivity contribution in [3.63, 3.8) is 0 Å². The van der Waals surface area contributed by atoms with Gasteiger partial charge in [0.15, 0.2) is 0 Å². The van der Waals surface area contributed by atoms with E-state index in [1.807, 2.05) is 13.8 Å². The van der Waals surface area contributed by atoms with E-state index in [2.05, 4.69) is 10.0 Å². The number of likely N-dealkylation sites (N-methyl/N-ethyl adjacent to an activating group) is 1. The summed E-state index contributed by atoms with van der Waals surface area (Å²) in [5.41, 5.74) is 8.69. The minimum atomic E-state index is -0.695. The van der Waals surface area contributed by atoms with Crippen LogP contribution in [0.2, 0.25) is 10.0 Å². The predicted octanol–water partition coefficient (Wildman–Crippen LogP) is 4.57. The average molecular weight is 341 g/mol. The van der Waals surface area contributed by atoms with Crippen molar-refractivity contribution in [2.24, 2.45) is 5.11 Å². The Labute approximate surface area is 139 Å². The molecule has 0 radical (unpaired) electrons. The first-order valence-corrected chi connectivity index (χ1v) is 8.02. The molecule has 0 saturated heterocycles. The van der Waals surface area contributed by atoms with E-state index in [1.165, 1.54) is 0 Å². The molecule has 22 heavy (non-hydrogen) atoms. The number of benzene rings is 1. The molecule has 1 aromatic carbocycles. The summed E-state index contributed by atoms with van der Waals surface area (Å²) in [5, 5.41) is 4.74. The number of halogens is 2. The van der Waals surface area contributed by atoms with Crippen LogP contribution < -0.4 is 0 Å². The Morgan fingerprint density at radius 1 is 1.32 bits per heavy atom. The maximum atomic E-state index is 13.0. The zero-order chi connectivity index (χ0) is 16.3. The number of rotatable bonds is 5. The van der Waals surface area contributed by atoms with E-state index in [-0.39, 0.29) is 11.9 Å². The molecule has 0 N–H and O–H groups in total. The summed E-state index contributed by atoms with van der Waals surface area (Å²) < 4.78 is 0. The first-order chi connectivity index (χ1) is 10.5. The summed E-state index contributed by atoms with van der Waals surface area (Å²) in [4.78, 5) is 17.6. The van der Waals surface area contributed by atoms with Crippen LogP contribution in [0.3, 0.4) is 0 Å². The zero-order valence-electron chi connectivity index (χ0n) is 12.6. The number of azide groups is 1. The van der Waals surface area contributed by atoms with Gasteiger partial charge >= 0.3 is 0 Å². The van der Waals surface area contributed by atoms with E-state index in [1.54, 1.807) is 23.1 Å². The third kappa shape index (κ3) is 3.02. The number of hydrogen-bond acceptors (Lipinski definition) is 2. The molecule has 1 aromatic rings. The van der Waals surface area contributed by atoms with E-state index in [4.69, 9.17) is 28.7 Å². The standard InChI is InChI=1S/C15H18Cl2N4O/c1-3-21(4-2)14(22)15(8-13(9-15)19-20-18)10-5-11(16)7-12(17)6-10/h5-7,13H,3-4,8-9H2,1-2H3/t13-,15-. The fourth-order valence-corrected chi connectivity index (χ4v) is 3.60. The molecule has 0 aromatic heterocycles. The van der Waals surface area contributed by atoms with Crippen LogP contribution in [-0.2, 0) is 10.2 Å². The van der Waals surface area contributed by atoms with Crippen LogP contribution in [0.1, 0.15) is 32.3 Å². The molecule has 0 heterocycles. The first-order valence-electron chi connectivity index (χ1n) is 7.27. The first kappa shape index (κ1) is 16.9. The molecule has 1 fully saturated rings. The van der Waals surface area contributed by atoms with Gasteiger partial charge in [-0.2, -0.15) is 0 Å². The van der Waals surface area contributed by atoms with E-state index >= 15 is 0 Å². The molecule has 0 aliphatic heterocycles. The van der Waals surface area contributed by atoms with Gasteiger partial charge in [-0.3, -0.25) is 4.79 Å². The number of carbonyl (C=O) groups excluding carboxylic acids is 1. The Bertz CT molecular complexity index is 598. The van der Waals surface area contributed by atoms with Crippen LogP contribution in [0.25, 0.3) is 10.4 Å². The molecule has 1 aliphatic rings. The molecular weight excluding hydrogens is 323 g/mol. The lowest BCUT2D eigenvalue weighted by molar-refractivity contribution is -0.141. The molecule has 7 heteroatoms. The highest BCUT2D eigenvalue weighted by atomic mass is 35.5. The molecule has 0 atom stereocenters. The second-order valence-corrected chi connectivity index (χ2v) is 6.36. The molecule has 5 nitrogen and oxygen atoms in total. The van der Waals surface area contributed by atoms with Crippen molar-refractivity contribution in [2.75, 3.05) is 13.1 Å². The van der Waals surface area contributed by atoms with Gasteiger partial charge in [-0.25, -0.2) is 0 Å². The molecule has 0 spiro atoms. The van der Waals surface area contributed by atoms with Gasteiger partial charge in [0.05, 0.1) is 5.41 Å². The van der Waals surface area contributed by atoms with Crippen molar-refractivity contribution in [3.8, 4) is 0 Å². The quantitative estimate of drug-likeness (QED) is 0.439. The normalized spacial score (nSPS) is 23.4.